The number of carbonyl (C=O) groups excluding carboxylic acids is 1. The number of hydrogen-bond donors (Lipinski definition) is 2. The van der Waals surface area contributed by atoms with Crippen LogP contribution in [0.1, 0.15) is 13.8 Å². The summed E-state index contributed by atoms with van der Waals surface area (Å²) in [4.78, 5) is 14.8. The Morgan fingerprint density at radius 3 is 2.47 bits per heavy atom. The summed E-state index contributed by atoms with van der Waals surface area (Å²) in [5, 5.41) is -0.130. The first-order valence-electron chi connectivity index (χ1n) is 5.71. The lowest BCUT2D eigenvalue weighted by molar-refractivity contribution is -0.118. The molecular weight excluding hydrogens is 270 g/mol. The Morgan fingerprint density at radius 1 is 1.53 bits per heavy atom. The molecule has 0 atom stereocenters. The van der Waals surface area contributed by atoms with Crippen molar-refractivity contribution in [2.45, 2.75) is 18.9 Å². The Hall–Kier alpha value is -1.61. The number of imidazole rings is 1. The van der Waals surface area contributed by atoms with E-state index in [-0.39, 0.29) is 29.9 Å². The third-order valence-electron chi connectivity index (χ3n) is 2.39. The smallest absolute Gasteiger partial charge is 0.262 e. The minimum absolute atomic E-state index is 0.0450. The van der Waals surface area contributed by atoms with Crippen molar-refractivity contribution in [2.24, 2.45) is 18.7 Å². The molecule has 0 aliphatic rings. The molecule has 0 bridgehead atoms. The summed E-state index contributed by atoms with van der Waals surface area (Å²) >= 11 is 0. The van der Waals surface area contributed by atoms with Gasteiger partial charge in [-0.25, -0.2) is 13.4 Å². The fourth-order valence-electron chi connectivity index (χ4n) is 1.70. The van der Waals surface area contributed by atoms with Gasteiger partial charge in [-0.3, -0.25) is 4.79 Å². The highest BCUT2D eigenvalue weighted by Gasteiger charge is 2.31. The van der Waals surface area contributed by atoms with E-state index in [1.807, 2.05) is 13.8 Å². The third-order valence-corrected chi connectivity index (χ3v) is 4.34. The first kappa shape index (κ1) is 15.4. The van der Waals surface area contributed by atoms with Crippen LogP contribution in [0.2, 0.25) is 0 Å². The summed E-state index contributed by atoms with van der Waals surface area (Å²) < 4.78 is 27.3. The van der Waals surface area contributed by atoms with Crippen LogP contribution < -0.4 is 11.5 Å². The van der Waals surface area contributed by atoms with E-state index in [4.69, 9.17) is 11.5 Å². The van der Waals surface area contributed by atoms with E-state index in [0.29, 0.717) is 0 Å². The van der Waals surface area contributed by atoms with Gasteiger partial charge in [-0.15, -0.1) is 0 Å². The number of amides is 1. The molecule has 1 aromatic heterocycles. The van der Waals surface area contributed by atoms with Gasteiger partial charge in [0, 0.05) is 13.6 Å². The molecule has 0 unspecified atom stereocenters. The molecule has 0 fully saturated rings. The molecule has 8 nitrogen and oxygen atoms in total. The fraction of sp³-hybridized carbons (Fsp3) is 0.600. The van der Waals surface area contributed by atoms with E-state index in [1.54, 1.807) is 0 Å². The number of anilines is 1. The van der Waals surface area contributed by atoms with E-state index in [9.17, 15) is 13.2 Å². The molecule has 0 aliphatic heterocycles. The van der Waals surface area contributed by atoms with Crippen molar-refractivity contribution in [3.63, 3.8) is 0 Å². The maximum Gasteiger partial charge on any atom is 0.262 e. The largest absolute Gasteiger partial charge is 0.381 e. The third kappa shape index (κ3) is 3.44. The highest BCUT2D eigenvalue weighted by Crippen LogP contribution is 2.21. The number of aryl methyl sites for hydroxylation is 1. The van der Waals surface area contributed by atoms with Gasteiger partial charge in [0.05, 0.1) is 12.9 Å². The molecule has 0 saturated heterocycles. The molecule has 9 heteroatoms. The van der Waals surface area contributed by atoms with E-state index in [0.717, 1.165) is 4.31 Å². The van der Waals surface area contributed by atoms with Gasteiger partial charge in [0.15, 0.2) is 10.8 Å². The molecule has 0 spiro atoms. The molecule has 1 rings (SSSR count). The lowest BCUT2D eigenvalue weighted by atomic mass is 10.2. The zero-order valence-corrected chi connectivity index (χ0v) is 12.0. The van der Waals surface area contributed by atoms with Crippen LogP contribution in [-0.4, -0.2) is 41.3 Å². The average molecular weight is 289 g/mol. The molecule has 0 aromatic carbocycles. The van der Waals surface area contributed by atoms with Crippen LogP contribution in [0.25, 0.3) is 0 Å². The van der Waals surface area contributed by atoms with Gasteiger partial charge in [0.1, 0.15) is 0 Å². The minimum Gasteiger partial charge on any atom is -0.381 e. The first-order chi connectivity index (χ1) is 8.66. The van der Waals surface area contributed by atoms with Crippen molar-refractivity contribution >= 4 is 21.7 Å². The molecule has 0 saturated carbocycles. The maximum absolute atomic E-state index is 12.5. The standard InChI is InChI=1S/C10H19N5O3S/c1-7(2)4-15(5-8(11)16)19(17,18)10-9(12)13-6-14(10)3/h6-7H,4-5,12H2,1-3H3,(H2,11,16). The lowest BCUT2D eigenvalue weighted by Crippen LogP contribution is -2.41. The van der Waals surface area contributed by atoms with E-state index >= 15 is 0 Å². The highest BCUT2D eigenvalue weighted by molar-refractivity contribution is 7.89. The highest BCUT2D eigenvalue weighted by atomic mass is 32.2. The summed E-state index contributed by atoms with van der Waals surface area (Å²) in [5.41, 5.74) is 10.7. The van der Waals surface area contributed by atoms with E-state index in [1.165, 1.54) is 17.9 Å². The Morgan fingerprint density at radius 2 is 2.11 bits per heavy atom. The number of nitrogens with zero attached hydrogens (tertiary/aromatic N) is 3. The van der Waals surface area contributed by atoms with Gasteiger partial charge in [-0.2, -0.15) is 4.31 Å². The summed E-state index contributed by atoms with van der Waals surface area (Å²) in [6, 6.07) is 0. The summed E-state index contributed by atoms with van der Waals surface area (Å²) in [6.07, 6.45) is 1.31. The number of hydrogen-bond acceptors (Lipinski definition) is 5. The average Bonchev–Trinajstić information content (AvgIpc) is 2.56. The number of nitrogens with two attached hydrogens (primary N) is 2. The number of primary amides is 1. The number of sulfonamides is 1. The second-order valence-electron chi connectivity index (χ2n) is 4.70. The summed E-state index contributed by atoms with van der Waals surface area (Å²) in [5.74, 6) is -0.769. The second kappa shape index (κ2) is 5.57. The first-order valence-corrected chi connectivity index (χ1v) is 7.15. The molecule has 1 amide bonds. The van der Waals surface area contributed by atoms with Crippen molar-refractivity contribution in [1.82, 2.24) is 13.9 Å². The minimum atomic E-state index is -3.90. The van der Waals surface area contributed by atoms with Crippen LogP contribution in [0, 0.1) is 5.92 Å². The zero-order valence-electron chi connectivity index (χ0n) is 11.2. The van der Waals surface area contributed by atoms with E-state index < -0.39 is 15.9 Å². The summed E-state index contributed by atoms with van der Waals surface area (Å²) in [6.45, 7) is 3.48. The number of aromatic nitrogens is 2. The van der Waals surface area contributed by atoms with Crippen molar-refractivity contribution in [2.75, 3.05) is 18.8 Å². The molecule has 1 heterocycles. The van der Waals surface area contributed by atoms with Crippen molar-refractivity contribution in [1.29, 1.82) is 0 Å². The van der Waals surface area contributed by atoms with Crippen LogP contribution in [-0.2, 0) is 21.9 Å². The number of nitrogen functional groups attached to an aromatic ring is 1. The van der Waals surface area contributed by atoms with Crippen LogP contribution in [0.4, 0.5) is 5.82 Å². The lowest BCUT2D eigenvalue weighted by Gasteiger charge is -2.22. The van der Waals surface area contributed by atoms with Crippen molar-refractivity contribution in [3.8, 4) is 0 Å². The van der Waals surface area contributed by atoms with Gasteiger partial charge in [0.25, 0.3) is 10.0 Å². The van der Waals surface area contributed by atoms with Gasteiger partial charge < -0.3 is 16.0 Å². The molecule has 108 valence electrons. The van der Waals surface area contributed by atoms with Gasteiger partial charge in [-0.05, 0) is 5.92 Å². The van der Waals surface area contributed by atoms with Gasteiger partial charge >= 0.3 is 0 Å². The molecule has 0 radical (unpaired) electrons. The molecule has 1 aromatic rings. The maximum atomic E-state index is 12.5. The Balaban J connectivity index is 3.23. The number of carbonyl (C=O) groups is 1. The SMILES string of the molecule is CC(C)CN(CC(N)=O)S(=O)(=O)c1c(N)ncn1C. The summed E-state index contributed by atoms with van der Waals surface area (Å²) in [7, 11) is -2.38. The monoisotopic (exact) mass is 289 g/mol. The molecule has 4 N–H and O–H groups in total. The van der Waals surface area contributed by atoms with E-state index in [2.05, 4.69) is 4.98 Å². The fourth-order valence-corrected chi connectivity index (χ4v) is 3.47. The van der Waals surface area contributed by atoms with Crippen LogP contribution in [0.5, 0.6) is 0 Å². The quantitative estimate of drug-likeness (QED) is 0.704. The van der Waals surface area contributed by atoms with Crippen LogP contribution >= 0.6 is 0 Å². The second-order valence-corrected chi connectivity index (χ2v) is 6.56. The van der Waals surface area contributed by atoms with Crippen LogP contribution in [0.3, 0.4) is 0 Å². The predicted octanol–water partition coefficient (Wildman–Crippen LogP) is -0.866. The van der Waals surface area contributed by atoms with Gasteiger partial charge in [0.2, 0.25) is 5.91 Å². The molecule has 19 heavy (non-hydrogen) atoms. The predicted molar refractivity (Wildman–Crippen MR) is 70.4 cm³/mol. The van der Waals surface area contributed by atoms with Crippen molar-refractivity contribution in [3.05, 3.63) is 6.33 Å². The van der Waals surface area contributed by atoms with Gasteiger partial charge in [-0.1, -0.05) is 13.8 Å². The van der Waals surface area contributed by atoms with Crippen molar-refractivity contribution < 1.29 is 13.2 Å². The zero-order chi connectivity index (χ0) is 14.8. The Labute approximate surface area is 112 Å². The van der Waals surface area contributed by atoms with Crippen LogP contribution in [0.15, 0.2) is 11.4 Å². The Bertz CT molecular complexity index is 544. The topological polar surface area (TPSA) is 124 Å². The molecular formula is C10H19N5O3S. The number of rotatable bonds is 6. The molecule has 0 aliphatic carbocycles. The Kier molecular flexibility index (Phi) is 4.53. The normalized spacial score (nSPS) is 12.3.